The summed E-state index contributed by atoms with van der Waals surface area (Å²) in [5.41, 5.74) is 0.654. The molecule has 0 radical (unpaired) electrons. The first-order valence-corrected chi connectivity index (χ1v) is 7.65. The Morgan fingerprint density at radius 1 is 1.43 bits per heavy atom. The maximum absolute atomic E-state index is 13.6. The van der Waals surface area contributed by atoms with Crippen LogP contribution in [0.2, 0.25) is 5.02 Å². The minimum Gasteiger partial charge on any atom is -0.372 e. The summed E-state index contributed by atoms with van der Waals surface area (Å²) in [5.74, 6) is -0.957. The van der Waals surface area contributed by atoms with Crippen LogP contribution < -0.4 is 16.0 Å². The molecule has 0 aliphatic carbocycles. The molecule has 3 amide bonds. The van der Waals surface area contributed by atoms with Crippen LogP contribution in [-0.2, 0) is 9.53 Å². The zero-order valence-corrected chi connectivity index (χ0v) is 13.6. The average molecular weight is 344 g/mol. The second-order valence-corrected chi connectivity index (χ2v) is 5.72. The molecule has 1 saturated heterocycles. The van der Waals surface area contributed by atoms with E-state index in [9.17, 15) is 14.0 Å². The molecule has 1 aromatic carbocycles. The van der Waals surface area contributed by atoms with E-state index in [2.05, 4.69) is 16.0 Å². The van der Waals surface area contributed by atoms with E-state index in [1.165, 1.54) is 19.2 Å². The maximum Gasteiger partial charge on any atom is 0.321 e. The number of carbonyl (C=O) groups excluding carboxylic acids is 2. The fraction of sp³-hybridized carbons (Fsp3) is 0.467. The number of rotatable bonds is 4. The predicted molar refractivity (Wildman–Crippen MR) is 83.7 cm³/mol. The first-order valence-electron chi connectivity index (χ1n) is 7.27. The highest BCUT2D eigenvalue weighted by molar-refractivity contribution is 6.30. The van der Waals surface area contributed by atoms with Gasteiger partial charge in [0.15, 0.2) is 0 Å². The second kappa shape index (κ2) is 7.72. The Morgan fingerprint density at radius 3 is 2.83 bits per heavy atom. The van der Waals surface area contributed by atoms with Gasteiger partial charge in [0.2, 0.25) is 5.91 Å². The zero-order valence-electron chi connectivity index (χ0n) is 12.9. The van der Waals surface area contributed by atoms with Crippen LogP contribution in [0.5, 0.6) is 0 Å². The third kappa shape index (κ3) is 4.40. The molecule has 0 aromatic heterocycles. The van der Waals surface area contributed by atoms with Crippen LogP contribution in [-0.4, -0.2) is 37.7 Å². The van der Waals surface area contributed by atoms with Crippen LogP contribution in [0.15, 0.2) is 18.2 Å². The lowest BCUT2D eigenvalue weighted by Crippen LogP contribution is -2.50. The molecule has 2 rings (SSSR count). The standard InChI is InChI=1S/C15H19ClFN3O3/c1-8(14(21)20-15(22)18-2)19-12-5-6-23-13(12)9-3-4-10(16)11(17)7-9/h3-4,7-8,12-13,19H,5-6H2,1-2H3,(H2,18,20,21,22)/t8?,12-,13+/m1/s1. The molecule has 1 heterocycles. The number of ether oxygens (including phenoxy) is 1. The lowest BCUT2D eigenvalue weighted by Gasteiger charge is -2.23. The van der Waals surface area contributed by atoms with E-state index in [0.717, 1.165) is 0 Å². The van der Waals surface area contributed by atoms with Crippen LogP contribution in [0.25, 0.3) is 0 Å². The number of imide groups is 1. The molecular weight excluding hydrogens is 325 g/mol. The maximum atomic E-state index is 13.6. The van der Waals surface area contributed by atoms with Crippen molar-refractivity contribution in [1.29, 1.82) is 0 Å². The van der Waals surface area contributed by atoms with Gasteiger partial charge in [0, 0.05) is 19.7 Å². The van der Waals surface area contributed by atoms with Gasteiger partial charge in [0.25, 0.3) is 0 Å². The molecule has 3 N–H and O–H groups in total. The summed E-state index contributed by atoms with van der Waals surface area (Å²) < 4.78 is 19.3. The summed E-state index contributed by atoms with van der Waals surface area (Å²) in [6.07, 6.45) is 0.295. The summed E-state index contributed by atoms with van der Waals surface area (Å²) in [6, 6.07) is 3.18. The lowest BCUT2D eigenvalue weighted by molar-refractivity contribution is -0.121. The molecule has 23 heavy (non-hydrogen) atoms. The van der Waals surface area contributed by atoms with E-state index in [-0.39, 0.29) is 17.2 Å². The molecule has 6 nitrogen and oxygen atoms in total. The molecule has 126 valence electrons. The van der Waals surface area contributed by atoms with Gasteiger partial charge < -0.3 is 15.4 Å². The van der Waals surface area contributed by atoms with Crippen molar-refractivity contribution in [3.8, 4) is 0 Å². The smallest absolute Gasteiger partial charge is 0.321 e. The van der Waals surface area contributed by atoms with Gasteiger partial charge in [-0.25, -0.2) is 9.18 Å². The number of amides is 3. The Kier molecular flexibility index (Phi) is 5.92. The second-order valence-electron chi connectivity index (χ2n) is 5.32. The highest BCUT2D eigenvalue weighted by Gasteiger charge is 2.32. The molecule has 1 aliphatic heterocycles. The fourth-order valence-electron chi connectivity index (χ4n) is 2.46. The molecule has 0 spiro atoms. The van der Waals surface area contributed by atoms with E-state index in [4.69, 9.17) is 16.3 Å². The fourth-order valence-corrected chi connectivity index (χ4v) is 2.58. The van der Waals surface area contributed by atoms with Gasteiger partial charge in [0.05, 0.1) is 17.2 Å². The first kappa shape index (κ1) is 17.7. The van der Waals surface area contributed by atoms with Crippen LogP contribution in [0.3, 0.4) is 0 Å². The third-order valence-corrected chi connectivity index (χ3v) is 3.99. The van der Waals surface area contributed by atoms with Crippen LogP contribution in [0, 0.1) is 5.82 Å². The van der Waals surface area contributed by atoms with E-state index in [1.54, 1.807) is 13.0 Å². The number of hydrogen-bond donors (Lipinski definition) is 3. The number of halogens is 2. The number of benzene rings is 1. The monoisotopic (exact) mass is 343 g/mol. The minimum absolute atomic E-state index is 0.0505. The van der Waals surface area contributed by atoms with E-state index >= 15 is 0 Å². The Bertz CT molecular complexity index is 599. The highest BCUT2D eigenvalue weighted by atomic mass is 35.5. The molecular formula is C15H19ClFN3O3. The quantitative estimate of drug-likeness (QED) is 0.778. The van der Waals surface area contributed by atoms with Gasteiger partial charge in [0.1, 0.15) is 5.82 Å². The Labute approximate surface area is 138 Å². The lowest BCUT2D eigenvalue weighted by atomic mass is 10.0. The Balaban J connectivity index is 2.02. The Morgan fingerprint density at radius 2 is 2.17 bits per heavy atom. The van der Waals surface area contributed by atoms with Gasteiger partial charge in [-0.3, -0.25) is 10.1 Å². The minimum atomic E-state index is -0.598. The summed E-state index contributed by atoms with van der Waals surface area (Å²) >= 11 is 5.69. The molecule has 3 atom stereocenters. The van der Waals surface area contributed by atoms with E-state index in [0.29, 0.717) is 18.6 Å². The van der Waals surface area contributed by atoms with Gasteiger partial charge >= 0.3 is 6.03 Å². The summed E-state index contributed by atoms with van der Waals surface area (Å²) in [4.78, 5) is 23.1. The number of hydrogen-bond acceptors (Lipinski definition) is 4. The molecule has 0 bridgehead atoms. The van der Waals surface area contributed by atoms with E-state index in [1.807, 2.05) is 0 Å². The largest absolute Gasteiger partial charge is 0.372 e. The van der Waals surface area contributed by atoms with Gasteiger partial charge in [-0.2, -0.15) is 0 Å². The first-order chi connectivity index (χ1) is 10.9. The van der Waals surface area contributed by atoms with Crippen LogP contribution in [0.4, 0.5) is 9.18 Å². The highest BCUT2D eigenvalue weighted by Crippen LogP contribution is 2.31. The molecule has 1 aromatic rings. The normalized spacial score (nSPS) is 21.7. The van der Waals surface area contributed by atoms with Crippen molar-refractivity contribution in [3.63, 3.8) is 0 Å². The van der Waals surface area contributed by atoms with Crippen LogP contribution in [0.1, 0.15) is 25.0 Å². The topological polar surface area (TPSA) is 79.5 Å². The van der Waals surface area contributed by atoms with Crippen molar-refractivity contribution >= 4 is 23.5 Å². The number of urea groups is 1. The molecule has 1 aliphatic rings. The molecule has 8 heteroatoms. The summed E-state index contributed by atoms with van der Waals surface area (Å²) in [6.45, 7) is 2.15. The van der Waals surface area contributed by atoms with Crippen LogP contribution >= 0.6 is 11.6 Å². The summed E-state index contributed by atoms with van der Waals surface area (Å²) in [5, 5.41) is 7.69. The zero-order chi connectivity index (χ0) is 17.0. The third-order valence-electron chi connectivity index (χ3n) is 3.69. The SMILES string of the molecule is CNC(=O)NC(=O)C(C)N[C@@H]1CCO[C@H]1c1ccc(Cl)c(F)c1. The summed E-state index contributed by atoms with van der Waals surface area (Å²) in [7, 11) is 1.43. The van der Waals surface area contributed by atoms with Gasteiger partial charge in [-0.1, -0.05) is 17.7 Å². The van der Waals surface area contributed by atoms with Crippen molar-refractivity contribution in [1.82, 2.24) is 16.0 Å². The van der Waals surface area contributed by atoms with E-state index < -0.39 is 23.8 Å². The van der Waals surface area contributed by atoms with Crippen molar-refractivity contribution in [2.24, 2.45) is 0 Å². The Hall–Kier alpha value is -1.70. The molecule has 0 saturated carbocycles. The number of carbonyl (C=O) groups is 2. The van der Waals surface area contributed by atoms with Gasteiger partial charge in [-0.15, -0.1) is 0 Å². The van der Waals surface area contributed by atoms with Crippen molar-refractivity contribution in [3.05, 3.63) is 34.6 Å². The predicted octanol–water partition coefficient (Wildman–Crippen LogP) is 1.74. The van der Waals surface area contributed by atoms with Crippen molar-refractivity contribution < 1.29 is 18.7 Å². The molecule has 1 unspecified atom stereocenters. The van der Waals surface area contributed by atoms with Crippen molar-refractivity contribution in [2.75, 3.05) is 13.7 Å². The van der Waals surface area contributed by atoms with Crippen molar-refractivity contribution in [2.45, 2.75) is 31.5 Å². The average Bonchev–Trinajstić information content (AvgIpc) is 2.97. The number of nitrogens with one attached hydrogen (secondary N) is 3. The molecule has 1 fully saturated rings. The van der Waals surface area contributed by atoms with Gasteiger partial charge in [-0.05, 0) is 31.0 Å².